The van der Waals surface area contributed by atoms with Gasteiger partial charge in [-0.15, -0.1) is 0 Å². The highest BCUT2D eigenvalue weighted by atomic mass is 79.9. The molecule has 0 spiro atoms. The van der Waals surface area contributed by atoms with E-state index in [0.717, 1.165) is 8.78 Å². The van der Waals surface area contributed by atoms with Gasteiger partial charge in [0.1, 0.15) is 10.6 Å². The summed E-state index contributed by atoms with van der Waals surface area (Å²) in [5.41, 5.74) is 0.807. The Kier molecular flexibility index (Phi) is 5.84. The van der Waals surface area contributed by atoms with Crippen LogP contribution in [0.15, 0.2) is 36.6 Å². The number of likely N-dealkylation sites (N-methyl/N-ethyl adjacent to an activating group) is 1. The highest BCUT2D eigenvalue weighted by Crippen LogP contribution is 2.26. The topological polar surface area (TPSA) is 92.5 Å². The largest absolute Gasteiger partial charge is 0.360 e. The fraction of sp³-hybridized carbons (Fsp3) is 0.286. The molecule has 24 heavy (non-hydrogen) atoms. The number of hydrogen-bond acceptors (Lipinski definition) is 5. The van der Waals surface area contributed by atoms with Crippen LogP contribution in [-0.4, -0.2) is 37.4 Å². The Morgan fingerprint density at radius 3 is 2.54 bits per heavy atom. The number of carbonyl (C=O) groups excluding carboxylic acids is 1. The zero-order chi connectivity index (χ0) is 18.1. The lowest BCUT2D eigenvalue weighted by atomic mass is 10.3. The van der Waals surface area contributed by atoms with Crippen molar-refractivity contribution < 1.29 is 17.7 Å². The number of amides is 1. The predicted molar refractivity (Wildman–Crippen MR) is 96.3 cm³/mol. The SMILES string of the molecule is Cc1noc(C)c1S(=O)(=O)N(C)CC(=O)Nc1ccc(Br)cc1Br. The van der Waals surface area contributed by atoms with Crippen molar-refractivity contribution in [2.45, 2.75) is 18.7 Å². The number of nitrogens with zero attached hydrogens (tertiary/aromatic N) is 2. The van der Waals surface area contributed by atoms with Crippen molar-refractivity contribution in [1.82, 2.24) is 9.46 Å². The van der Waals surface area contributed by atoms with E-state index in [1.165, 1.54) is 20.9 Å². The molecular weight excluding hydrogens is 466 g/mol. The average molecular weight is 481 g/mol. The number of carbonyl (C=O) groups is 1. The van der Waals surface area contributed by atoms with Crippen molar-refractivity contribution in [3.05, 3.63) is 38.6 Å². The third-order valence-electron chi connectivity index (χ3n) is 3.21. The van der Waals surface area contributed by atoms with Crippen molar-refractivity contribution in [3.63, 3.8) is 0 Å². The maximum atomic E-state index is 12.6. The molecule has 2 rings (SSSR count). The van der Waals surface area contributed by atoms with Crippen LogP contribution in [0, 0.1) is 13.8 Å². The van der Waals surface area contributed by atoms with Crippen molar-refractivity contribution in [3.8, 4) is 0 Å². The number of anilines is 1. The molecule has 0 radical (unpaired) electrons. The van der Waals surface area contributed by atoms with Crippen LogP contribution in [0.1, 0.15) is 11.5 Å². The van der Waals surface area contributed by atoms with Crippen LogP contribution in [0.2, 0.25) is 0 Å². The second-order valence-corrected chi connectivity index (χ2v) is 8.84. The van der Waals surface area contributed by atoms with Gasteiger partial charge in [0, 0.05) is 16.0 Å². The van der Waals surface area contributed by atoms with E-state index in [2.05, 4.69) is 42.3 Å². The van der Waals surface area contributed by atoms with E-state index in [0.29, 0.717) is 10.2 Å². The summed E-state index contributed by atoms with van der Waals surface area (Å²) in [5.74, 6) is -0.272. The molecule has 1 amide bonds. The maximum absolute atomic E-state index is 12.6. The summed E-state index contributed by atoms with van der Waals surface area (Å²) in [4.78, 5) is 12.1. The van der Waals surface area contributed by atoms with Crippen molar-refractivity contribution in [2.75, 3.05) is 18.9 Å². The zero-order valence-electron chi connectivity index (χ0n) is 13.1. The van der Waals surface area contributed by atoms with Crippen LogP contribution in [0.4, 0.5) is 5.69 Å². The third-order valence-corrected chi connectivity index (χ3v) is 6.41. The number of aryl methyl sites for hydroxylation is 2. The lowest BCUT2D eigenvalue weighted by Crippen LogP contribution is -2.35. The minimum absolute atomic E-state index is 0.0115. The van der Waals surface area contributed by atoms with E-state index in [1.54, 1.807) is 18.2 Å². The van der Waals surface area contributed by atoms with Crippen LogP contribution in [0.3, 0.4) is 0 Å². The van der Waals surface area contributed by atoms with Gasteiger partial charge >= 0.3 is 0 Å². The van der Waals surface area contributed by atoms with Gasteiger partial charge in [0.05, 0.1) is 12.2 Å². The highest BCUT2D eigenvalue weighted by Gasteiger charge is 2.29. The Balaban J connectivity index is 2.14. The average Bonchev–Trinajstić information content (AvgIpc) is 2.81. The minimum atomic E-state index is -3.86. The second-order valence-electron chi connectivity index (χ2n) is 5.09. The Hall–Kier alpha value is -1.23. The van der Waals surface area contributed by atoms with Crippen molar-refractivity contribution in [2.24, 2.45) is 0 Å². The highest BCUT2D eigenvalue weighted by molar-refractivity contribution is 9.11. The number of sulfonamides is 1. The van der Waals surface area contributed by atoms with Gasteiger partial charge in [0.15, 0.2) is 5.76 Å². The Morgan fingerprint density at radius 2 is 2.00 bits per heavy atom. The number of hydrogen-bond donors (Lipinski definition) is 1. The Labute approximate surface area is 156 Å². The molecule has 0 atom stereocenters. The molecule has 0 aliphatic carbocycles. The van der Waals surface area contributed by atoms with Gasteiger partial charge in [-0.2, -0.15) is 4.31 Å². The second kappa shape index (κ2) is 7.34. The maximum Gasteiger partial charge on any atom is 0.248 e. The summed E-state index contributed by atoms with van der Waals surface area (Å²) in [5, 5.41) is 6.30. The standard InChI is InChI=1S/C14H15Br2N3O4S/c1-8-14(9(2)23-18-8)24(21,22)19(3)7-13(20)17-12-5-4-10(15)6-11(12)16/h4-6H,7H2,1-3H3,(H,17,20). The molecule has 0 bridgehead atoms. The number of halogens is 2. The van der Waals surface area contributed by atoms with Gasteiger partial charge in [-0.3, -0.25) is 4.79 Å². The summed E-state index contributed by atoms with van der Waals surface area (Å²) in [6.07, 6.45) is 0. The molecule has 0 aliphatic heterocycles. The third kappa shape index (κ3) is 4.05. The van der Waals surface area contributed by atoms with E-state index in [4.69, 9.17) is 4.52 Å². The summed E-state index contributed by atoms with van der Waals surface area (Å²) in [7, 11) is -2.53. The Bertz CT molecular complexity index is 861. The van der Waals surface area contributed by atoms with Gasteiger partial charge in [0.2, 0.25) is 15.9 Å². The van der Waals surface area contributed by atoms with Gasteiger partial charge in [-0.1, -0.05) is 21.1 Å². The van der Waals surface area contributed by atoms with Gasteiger partial charge in [-0.25, -0.2) is 8.42 Å². The van der Waals surface area contributed by atoms with Crippen molar-refractivity contribution in [1.29, 1.82) is 0 Å². The zero-order valence-corrected chi connectivity index (χ0v) is 17.1. The normalized spacial score (nSPS) is 11.8. The summed E-state index contributed by atoms with van der Waals surface area (Å²) in [6, 6.07) is 5.25. The molecule has 1 aromatic carbocycles. The fourth-order valence-corrected chi connectivity index (χ4v) is 4.62. The van der Waals surface area contributed by atoms with Crippen LogP contribution >= 0.6 is 31.9 Å². The summed E-state index contributed by atoms with van der Waals surface area (Å²) >= 11 is 6.65. The quantitative estimate of drug-likeness (QED) is 0.709. The molecule has 0 unspecified atom stereocenters. The summed E-state index contributed by atoms with van der Waals surface area (Å²) in [6.45, 7) is 2.71. The summed E-state index contributed by atoms with van der Waals surface area (Å²) < 4.78 is 32.5. The number of aromatic nitrogens is 1. The molecular formula is C14H15Br2N3O4S. The van der Waals surface area contributed by atoms with E-state index in [9.17, 15) is 13.2 Å². The molecule has 2 aromatic rings. The molecule has 1 aromatic heterocycles. The lowest BCUT2D eigenvalue weighted by molar-refractivity contribution is -0.116. The molecule has 0 saturated heterocycles. The van der Waals surface area contributed by atoms with Crippen molar-refractivity contribution >= 4 is 53.5 Å². The molecule has 1 N–H and O–H groups in total. The first-order valence-corrected chi connectivity index (χ1v) is 9.79. The number of rotatable bonds is 5. The van der Waals surface area contributed by atoms with Gasteiger partial charge in [0.25, 0.3) is 0 Å². The minimum Gasteiger partial charge on any atom is -0.360 e. The predicted octanol–water partition coefficient (Wildman–Crippen LogP) is 3.08. The molecule has 130 valence electrons. The monoisotopic (exact) mass is 479 g/mol. The molecule has 0 saturated carbocycles. The molecule has 0 aliphatic rings. The van der Waals surface area contributed by atoms with Crippen LogP contribution in [0.5, 0.6) is 0 Å². The molecule has 0 fully saturated rings. The lowest BCUT2D eigenvalue weighted by Gasteiger charge is -2.17. The van der Waals surface area contributed by atoms with Crippen LogP contribution in [-0.2, 0) is 14.8 Å². The number of nitrogens with one attached hydrogen (secondary N) is 1. The van der Waals surface area contributed by atoms with Gasteiger partial charge < -0.3 is 9.84 Å². The molecule has 7 nitrogen and oxygen atoms in total. The molecule has 10 heteroatoms. The van der Waals surface area contributed by atoms with E-state index < -0.39 is 15.9 Å². The van der Waals surface area contributed by atoms with Crippen LogP contribution < -0.4 is 5.32 Å². The van der Waals surface area contributed by atoms with Gasteiger partial charge in [-0.05, 0) is 48.0 Å². The Morgan fingerprint density at radius 1 is 1.33 bits per heavy atom. The number of benzene rings is 1. The first kappa shape index (κ1) is 19.1. The van der Waals surface area contributed by atoms with E-state index in [-0.39, 0.29) is 22.9 Å². The smallest absolute Gasteiger partial charge is 0.248 e. The van der Waals surface area contributed by atoms with E-state index >= 15 is 0 Å². The fourth-order valence-electron chi connectivity index (χ4n) is 2.07. The van der Waals surface area contributed by atoms with E-state index in [1.807, 2.05) is 0 Å². The van der Waals surface area contributed by atoms with Crippen LogP contribution in [0.25, 0.3) is 0 Å². The molecule has 1 heterocycles. The first-order valence-electron chi connectivity index (χ1n) is 6.77. The first-order chi connectivity index (χ1) is 11.1.